The van der Waals surface area contributed by atoms with Gasteiger partial charge in [0.05, 0.1) is 20.8 Å². The molecule has 0 bridgehead atoms. The Kier molecular flexibility index (Phi) is 9.55. The number of halogens is 2. The summed E-state index contributed by atoms with van der Waals surface area (Å²) in [5, 5.41) is 4.72. The van der Waals surface area contributed by atoms with E-state index in [1.54, 1.807) is 20.3 Å². The molecule has 0 atom stereocenters. The maximum Gasteiger partial charge on any atom is 0.163 e. The molecule has 0 aliphatic carbocycles. The van der Waals surface area contributed by atoms with Crippen LogP contribution in [0.2, 0.25) is 10.0 Å². The summed E-state index contributed by atoms with van der Waals surface area (Å²) in [7, 11) is 3.27. The quantitative estimate of drug-likeness (QED) is 0.301. The van der Waals surface area contributed by atoms with Crippen molar-refractivity contribution >= 4 is 23.2 Å². The van der Waals surface area contributed by atoms with E-state index in [2.05, 4.69) is 5.32 Å². The van der Waals surface area contributed by atoms with Crippen LogP contribution in [0.25, 0.3) is 0 Å². The van der Waals surface area contributed by atoms with Gasteiger partial charge in [0.25, 0.3) is 0 Å². The predicted molar refractivity (Wildman–Crippen MR) is 133 cm³/mol. The van der Waals surface area contributed by atoms with Gasteiger partial charge >= 0.3 is 0 Å². The fraction of sp³-hybridized carbons (Fsp3) is 0.308. The van der Waals surface area contributed by atoms with Crippen molar-refractivity contribution in [3.8, 4) is 23.0 Å². The molecular weight excluding hydrogens is 461 g/mol. The van der Waals surface area contributed by atoms with Crippen molar-refractivity contribution in [3.05, 3.63) is 81.3 Å². The van der Waals surface area contributed by atoms with Crippen LogP contribution in [0.15, 0.2) is 54.6 Å². The first-order chi connectivity index (χ1) is 16.0. The van der Waals surface area contributed by atoms with Gasteiger partial charge in [-0.25, -0.2) is 0 Å². The molecule has 33 heavy (non-hydrogen) atoms. The maximum absolute atomic E-state index is 6.55. The van der Waals surface area contributed by atoms with Crippen LogP contribution in [0.5, 0.6) is 23.0 Å². The van der Waals surface area contributed by atoms with Crippen molar-refractivity contribution in [1.82, 2.24) is 5.32 Å². The third kappa shape index (κ3) is 6.94. The minimum atomic E-state index is 0.332. The van der Waals surface area contributed by atoms with Gasteiger partial charge in [-0.15, -0.1) is 0 Å². The standard InChI is InChI=1S/C26H29Cl2NO4/c1-4-32-25-14-20(16-29-12-11-18-9-10-23(30-2)24(13-18)31-3)22(28)15-26(25)33-17-19-7-5-6-8-21(19)27/h5-10,13-15,29H,4,11-12,16-17H2,1-3H3. The molecular formula is C26H29Cl2NO4. The topological polar surface area (TPSA) is 49.0 Å². The van der Waals surface area contributed by atoms with Crippen molar-refractivity contribution in [1.29, 1.82) is 0 Å². The number of nitrogens with one attached hydrogen (secondary N) is 1. The smallest absolute Gasteiger partial charge is 0.163 e. The fourth-order valence-corrected chi connectivity index (χ4v) is 3.77. The molecule has 1 N–H and O–H groups in total. The van der Waals surface area contributed by atoms with E-state index in [-0.39, 0.29) is 0 Å². The van der Waals surface area contributed by atoms with Gasteiger partial charge in [-0.2, -0.15) is 0 Å². The molecule has 0 radical (unpaired) electrons. The Labute approximate surface area is 205 Å². The van der Waals surface area contributed by atoms with Crippen LogP contribution in [0, 0.1) is 0 Å². The summed E-state index contributed by atoms with van der Waals surface area (Å²) >= 11 is 12.8. The van der Waals surface area contributed by atoms with Crippen molar-refractivity contribution in [2.45, 2.75) is 26.5 Å². The highest BCUT2D eigenvalue weighted by Gasteiger charge is 2.12. The van der Waals surface area contributed by atoms with E-state index in [0.717, 1.165) is 41.2 Å². The van der Waals surface area contributed by atoms with Crippen LogP contribution in [-0.4, -0.2) is 27.4 Å². The second kappa shape index (κ2) is 12.6. The summed E-state index contributed by atoms with van der Waals surface area (Å²) in [6, 6.07) is 17.3. The van der Waals surface area contributed by atoms with E-state index >= 15 is 0 Å². The molecule has 0 aromatic heterocycles. The third-order valence-corrected chi connectivity index (χ3v) is 5.83. The van der Waals surface area contributed by atoms with Gasteiger partial charge in [-0.05, 0) is 55.3 Å². The number of benzene rings is 3. The lowest BCUT2D eigenvalue weighted by molar-refractivity contribution is 0.269. The zero-order valence-electron chi connectivity index (χ0n) is 19.1. The third-order valence-electron chi connectivity index (χ3n) is 5.11. The molecule has 7 heteroatoms. The Morgan fingerprint density at radius 2 is 1.52 bits per heavy atom. The molecule has 0 amide bonds. The Morgan fingerprint density at radius 1 is 0.758 bits per heavy atom. The first kappa shape index (κ1) is 25.0. The Balaban J connectivity index is 1.61. The molecule has 5 nitrogen and oxygen atoms in total. The number of ether oxygens (including phenoxy) is 4. The fourth-order valence-electron chi connectivity index (χ4n) is 3.36. The average Bonchev–Trinajstić information content (AvgIpc) is 2.83. The van der Waals surface area contributed by atoms with Crippen LogP contribution in [0.1, 0.15) is 23.6 Å². The summed E-state index contributed by atoms with van der Waals surface area (Å²) in [5.74, 6) is 2.70. The first-order valence-electron chi connectivity index (χ1n) is 10.8. The van der Waals surface area contributed by atoms with Crippen molar-refractivity contribution in [2.24, 2.45) is 0 Å². The average molecular weight is 490 g/mol. The summed E-state index contributed by atoms with van der Waals surface area (Å²) in [4.78, 5) is 0. The summed E-state index contributed by atoms with van der Waals surface area (Å²) < 4.78 is 22.5. The van der Waals surface area contributed by atoms with Crippen molar-refractivity contribution < 1.29 is 18.9 Å². The normalized spacial score (nSPS) is 10.7. The van der Waals surface area contributed by atoms with Gasteiger partial charge in [-0.1, -0.05) is 47.5 Å². The van der Waals surface area contributed by atoms with E-state index in [0.29, 0.717) is 41.3 Å². The molecule has 0 saturated carbocycles. The van der Waals surface area contributed by atoms with Crippen LogP contribution in [0.4, 0.5) is 0 Å². The number of methoxy groups -OCH3 is 2. The largest absolute Gasteiger partial charge is 0.493 e. The predicted octanol–water partition coefficient (Wildman–Crippen LogP) is 6.32. The van der Waals surface area contributed by atoms with Gasteiger partial charge in [0.15, 0.2) is 23.0 Å². The molecule has 0 spiro atoms. The zero-order valence-corrected chi connectivity index (χ0v) is 20.6. The molecule has 0 saturated heterocycles. The van der Waals surface area contributed by atoms with Crippen molar-refractivity contribution in [3.63, 3.8) is 0 Å². The SMILES string of the molecule is CCOc1cc(CNCCc2ccc(OC)c(OC)c2)c(Cl)cc1OCc1ccccc1Cl. The molecule has 0 heterocycles. The van der Waals surface area contributed by atoms with Gasteiger partial charge in [0.1, 0.15) is 6.61 Å². The second-order valence-corrected chi connectivity index (χ2v) is 8.13. The zero-order chi connectivity index (χ0) is 23.6. The highest BCUT2D eigenvalue weighted by molar-refractivity contribution is 6.31. The molecule has 3 rings (SSSR count). The Morgan fingerprint density at radius 3 is 2.24 bits per heavy atom. The minimum absolute atomic E-state index is 0.332. The summed E-state index contributed by atoms with van der Waals surface area (Å²) in [6.07, 6.45) is 0.843. The number of hydrogen-bond acceptors (Lipinski definition) is 5. The molecule has 0 unspecified atom stereocenters. The number of hydrogen-bond donors (Lipinski definition) is 1. The van der Waals surface area contributed by atoms with E-state index in [1.165, 1.54) is 0 Å². The lowest BCUT2D eigenvalue weighted by Crippen LogP contribution is -2.17. The molecule has 3 aromatic rings. The monoisotopic (exact) mass is 489 g/mol. The van der Waals surface area contributed by atoms with Gasteiger partial charge in [0, 0.05) is 28.2 Å². The van der Waals surface area contributed by atoms with Crippen LogP contribution in [0.3, 0.4) is 0 Å². The molecule has 176 valence electrons. The van der Waals surface area contributed by atoms with E-state index in [9.17, 15) is 0 Å². The van der Waals surface area contributed by atoms with Crippen LogP contribution < -0.4 is 24.3 Å². The van der Waals surface area contributed by atoms with Gasteiger partial charge in [-0.3, -0.25) is 0 Å². The Bertz CT molecular complexity index is 1060. The Hall–Kier alpha value is -2.60. The van der Waals surface area contributed by atoms with Crippen molar-refractivity contribution in [2.75, 3.05) is 27.4 Å². The second-order valence-electron chi connectivity index (χ2n) is 7.32. The summed E-state index contributed by atoms with van der Waals surface area (Å²) in [6.45, 7) is 4.18. The highest BCUT2D eigenvalue weighted by Crippen LogP contribution is 2.35. The van der Waals surface area contributed by atoms with E-state index in [1.807, 2.05) is 55.5 Å². The lowest BCUT2D eigenvalue weighted by Gasteiger charge is -2.16. The molecule has 3 aromatic carbocycles. The lowest BCUT2D eigenvalue weighted by atomic mass is 10.1. The summed E-state index contributed by atoms with van der Waals surface area (Å²) in [5.41, 5.74) is 3.00. The molecule has 0 fully saturated rings. The molecule has 0 aliphatic rings. The first-order valence-corrected chi connectivity index (χ1v) is 11.5. The van der Waals surface area contributed by atoms with E-state index < -0.39 is 0 Å². The van der Waals surface area contributed by atoms with Gasteiger partial charge < -0.3 is 24.3 Å². The van der Waals surface area contributed by atoms with Crippen LogP contribution in [-0.2, 0) is 19.6 Å². The molecule has 0 aliphatic heterocycles. The number of rotatable bonds is 12. The van der Waals surface area contributed by atoms with E-state index in [4.69, 9.17) is 42.1 Å². The minimum Gasteiger partial charge on any atom is -0.493 e. The van der Waals surface area contributed by atoms with Gasteiger partial charge in [0.2, 0.25) is 0 Å². The van der Waals surface area contributed by atoms with Crippen LogP contribution >= 0.6 is 23.2 Å². The highest BCUT2D eigenvalue weighted by atomic mass is 35.5. The maximum atomic E-state index is 6.55.